The molecule has 0 spiro atoms. The molecule has 0 radical (unpaired) electrons. The van der Waals surface area contributed by atoms with Crippen molar-refractivity contribution < 1.29 is 20.1 Å². The van der Waals surface area contributed by atoms with Crippen molar-refractivity contribution in [3.8, 4) is 11.5 Å². The van der Waals surface area contributed by atoms with Gasteiger partial charge in [-0.3, -0.25) is 0 Å². The Morgan fingerprint density at radius 1 is 1.25 bits per heavy atom. The van der Waals surface area contributed by atoms with Crippen LogP contribution in [0.15, 0.2) is 12.1 Å². The lowest BCUT2D eigenvalue weighted by molar-refractivity contribution is 0.0691. The molecular weight excluding hydrogens is 232 g/mol. The first-order valence-corrected chi connectivity index (χ1v) is 5.44. The Balaban J connectivity index is 2.99. The number of carboxylic acids is 1. The molecule has 1 aromatic rings. The fourth-order valence-electron chi connectivity index (χ4n) is 1.48. The standard InChI is InChI=1S/C11H13ClO4/c12-6-2-1-3-7-4-5-8(13)10(14)9(7)11(15)16/h4-5,13-14H,1-3,6H2,(H,15,16). The summed E-state index contributed by atoms with van der Waals surface area (Å²) in [5.41, 5.74) is 0.280. The molecule has 0 aliphatic heterocycles. The zero-order valence-corrected chi connectivity index (χ0v) is 9.37. The second-order valence-corrected chi connectivity index (χ2v) is 3.80. The number of aromatic carboxylic acids is 1. The molecule has 0 bridgehead atoms. The van der Waals surface area contributed by atoms with Crippen LogP contribution in [0.2, 0.25) is 0 Å². The van der Waals surface area contributed by atoms with E-state index in [-0.39, 0.29) is 5.56 Å². The van der Waals surface area contributed by atoms with Crippen LogP contribution in [0.3, 0.4) is 0 Å². The summed E-state index contributed by atoms with van der Waals surface area (Å²) in [7, 11) is 0. The summed E-state index contributed by atoms with van der Waals surface area (Å²) in [5, 5.41) is 27.6. The summed E-state index contributed by atoms with van der Waals surface area (Å²) in [4.78, 5) is 10.9. The predicted octanol–water partition coefficient (Wildman–Crippen LogP) is 2.36. The molecule has 0 aliphatic carbocycles. The van der Waals surface area contributed by atoms with E-state index < -0.39 is 17.5 Å². The van der Waals surface area contributed by atoms with E-state index in [1.54, 1.807) is 0 Å². The van der Waals surface area contributed by atoms with Crippen molar-refractivity contribution in [2.75, 3.05) is 5.88 Å². The molecule has 0 fully saturated rings. The van der Waals surface area contributed by atoms with Crippen molar-refractivity contribution in [1.82, 2.24) is 0 Å². The number of carboxylic acid groups (broad SMARTS) is 1. The summed E-state index contributed by atoms with van der Waals surface area (Å²) < 4.78 is 0. The monoisotopic (exact) mass is 244 g/mol. The maximum atomic E-state index is 10.9. The van der Waals surface area contributed by atoms with Gasteiger partial charge < -0.3 is 15.3 Å². The van der Waals surface area contributed by atoms with E-state index in [2.05, 4.69) is 0 Å². The van der Waals surface area contributed by atoms with Gasteiger partial charge in [-0.15, -0.1) is 11.6 Å². The van der Waals surface area contributed by atoms with E-state index in [0.29, 0.717) is 17.9 Å². The maximum absolute atomic E-state index is 10.9. The maximum Gasteiger partial charge on any atom is 0.339 e. The van der Waals surface area contributed by atoms with Crippen LogP contribution in [0, 0.1) is 0 Å². The number of carbonyl (C=O) groups is 1. The second kappa shape index (κ2) is 5.61. The van der Waals surface area contributed by atoms with Gasteiger partial charge in [-0.25, -0.2) is 4.79 Å². The van der Waals surface area contributed by atoms with Crippen molar-refractivity contribution in [3.05, 3.63) is 23.3 Å². The first-order chi connectivity index (χ1) is 7.57. The van der Waals surface area contributed by atoms with Crippen LogP contribution in [0.5, 0.6) is 11.5 Å². The molecule has 5 heteroatoms. The van der Waals surface area contributed by atoms with Gasteiger partial charge >= 0.3 is 5.97 Å². The summed E-state index contributed by atoms with van der Waals surface area (Å²) >= 11 is 5.52. The SMILES string of the molecule is O=C(O)c1c(CCCCCl)ccc(O)c1O. The van der Waals surface area contributed by atoms with Gasteiger partial charge in [0.25, 0.3) is 0 Å². The van der Waals surface area contributed by atoms with E-state index in [4.69, 9.17) is 16.7 Å². The number of alkyl halides is 1. The average Bonchev–Trinajstić information content (AvgIpc) is 2.23. The van der Waals surface area contributed by atoms with Gasteiger partial charge in [0, 0.05) is 5.88 Å². The Morgan fingerprint density at radius 2 is 1.94 bits per heavy atom. The van der Waals surface area contributed by atoms with Gasteiger partial charge in [-0.1, -0.05) is 6.07 Å². The lowest BCUT2D eigenvalue weighted by Crippen LogP contribution is -2.03. The Kier molecular flexibility index (Phi) is 4.43. The average molecular weight is 245 g/mol. The highest BCUT2D eigenvalue weighted by molar-refractivity contribution is 6.17. The molecule has 3 N–H and O–H groups in total. The van der Waals surface area contributed by atoms with Crippen LogP contribution in [0.4, 0.5) is 0 Å². The van der Waals surface area contributed by atoms with Gasteiger partial charge in [-0.05, 0) is 30.9 Å². The molecule has 1 rings (SSSR count). The molecular formula is C11H13ClO4. The smallest absolute Gasteiger partial charge is 0.339 e. The molecule has 16 heavy (non-hydrogen) atoms. The molecule has 0 atom stereocenters. The highest BCUT2D eigenvalue weighted by Gasteiger charge is 2.18. The Labute approximate surface area is 98.1 Å². The van der Waals surface area contributed by atoms with Crippen LogP contribution >= 0.6 is 11.6 Å². The van der Waals surface area contributed by atoms with Crippen molar-refractivity contribution >= 4 is 17.6 Å². The normalized spacial score (nSPS) is 10.3. The molecule has 88 valence electrons. The number of rotatable bonds is 5. The van der Waals surface area contributed by atoms with Gasteiger partial charge in [0.05, 0.1) is 0 Å². The zero-order valence-electron chi connectivity index (χ0n) is 8.61. The van der Waals surface area contributed by atoms with Crippen LogP contribution < -0.4 is 0 Å². The van der Waals surface area contributed by atoms with Crippen molar-refractivity contribution in [3.63, 3.8) is 0 Å². The minimum absolute atomic E-state index is 0.227. The number of hydrogen-bond donors (Lipinski definition) is 3. The number of phenolic OH excluding ortho intramolecular Hbond substituents is 1. The molecule has 0 heterocycles. The van der Waals surface area contributed by atoms with Crippen LogP contribution in [0.25, 0.3) is 0 Å². The predicted molar refractivity (Wildman–Crippen MR) is 60.4 cm³/mol. The van der Waals surface area contributed by atoms with E-state index in [9.17, 15) is 15.0 Å². The van der Waals surface area contributed by atoms with Gasteiger partial charge in [0.15, 0.2) is 11.5 Å². The summed E-state index contributed by atoms with van der Waals surface area (Å²) in [6, 6.07) is 2.80. The minimum Gasteiger partial charge on any atom is -0.504 e. The number of aromatic hydroxyl groups is 2. The van der Waals surface area contributed by atoms with E-state index in [1.807, 2.05) is 0 Å². The molecule has 4 nitrogen and oxygen atoms in total. The third kappa shape index (κ3) is 2.79. The van der Waals surface area contributed by atoms with E-state index in [0.717, 1.165) is 12.8 Å². The zero-order chi connectivity index (χ0) is 12.1. The van der Waals surface area contributed by atoms with Crippen molar-refractivity contribution in [2.24, 2.45) is 0 Å². The number of halogens is 1. The Morgan fingerprint density at radius 3 is 2.50 bits per heavy atom. The molecule has 0 saturated carbocycles. The van der Waals surface area contributed by atoms with Crippen molar-refractivity contribution in [2.45, 2.75) is 19.3 Å². The number of aryl methyl sites for hydroxylation is 1. The molecule has 0 saturated heterocycles. The van der Waals surface area contributed by atoms with Crippen molar-refractivity contribution in [1.29, 1.82) is 0 Å². The first-order valence-electron chi connectivity index (χ1n) is 4.91. The molecule has 0 amide bonds. The third-order valence-electron chi connectivity index (χ3n) is 2.29. The molecule has 0 aromatic heterocycles. The quantitative estimate of drug-likeness (QED) is 0.422. The highest BCUT2D eigenvalue weighted by atomic mass is 35.5. The molecule has 1 aromatic carbocycles. The van der Waals surface area contributed by atoms with E-state index >= 15 is 0 Å². The first kappa shape index (κ1) is 12.6. The van der Waals surface area contributed by atoms with Crippen LogP contribution in [-0.2, 0) is 6.42 Å². The molecule has 0 unspecified atom stereocenters. The number of benzene rings is 1. The third-order valence-corrected chi connectivity index (χ3v) is 2.55. The molecule has 0 aliphatic rings. The number of phenols is 2. The lowest BCUT2D eigenvalue weighted by atomic mass is 10.0. The number of unbranched alkanes of at least 4 members (excludes halogenated alkanes) is 1. The van der Waals surface area contributed by atoms with Gasteiger partial charge in [-0.2, -0.15) is 0 Å². The topological polar surface area (TPSA) is 77.8 Å². The summed E-state index contributed by atoms with van der Waals surface area (Å²) in [6.45, 7) is 0. The van der Waals surface area contributed by atoms with Crippen LogP contribution in [0.1, 0.15) is 28.8 Å². The van der Waals surface area contributed by atoms with E-state index in [1.165, 1.54) is 12.1 Å². The fraction of sp³-hybridized carbons (Fsp3) is 0.364. The largest absolute Gasteiger partial charge is 0.504 e. The Bertz CT molecular complexity index is 390. The highest BCUT2D eigenvalue weighted by Crippen LogP contribution is 2.32. The fourth-order valence-corrected chi connectivity index (χ4v) is 1.67. The van der Waals surface area contributed by atoms with Crippen LogP contribution in [-0.4, -0.2) is 27.2 Å². The summed E-state index contributed by atoms with van der Waals surface area (Å²) in [6.07, 6.45) is 2.04. The van der Waals surface area contributed by atoms with Gasteiger partial charge in [0.2, 0.25) is 0 Å². The summed E-state index contributed by atoms with van der Waals surface area (Å²) in [5.74, 6) is -1.71. The Hall–Kier alpha value is -1.42. The lowest BCUT2D eigenvalue weighted by Gasteiger charge is -2.08. The number of hydrogen-bond acceptors (Lipinski definition) is 3. The minimum atomic E-state index is -1.24. The second-order valence-electron chi connectivity index (χ2n) is 3.42. The van der Waals surface area contributed by atoms with Gasteiger partial charge in [0.1, 0.15) is 5.56 Å².